The standard InChI is InChI=1S/C11H20N2S/c1-3-13(4-2)8-10-7-11(5-6-12)14-9-10/h7,9H,3-6,8,12H2,1-2H3. The van der Waals surface area contributed by atoms with E-state index in [1.165, 1.54) is 10.4 Å². The Morgan fingerprint density at radius 2 is 2.07 bits per heavy atom. The van der Waals surface area contributed by atoms with E-state index in [0.29, 0.717) is 0 Å². The van der Waals surface area contributed by atoms with Crippen LogP contribution in [0.5, 0.6) is 0 Å². The Bertz CT molecular complexity index is 254. The Hall–Kier alpha value is -0.380. The molecule has 14 heavy (non-hydrogen) atoms. The highest BCUT2D eigenvalue weighted by Crippen LogP contribution is 2.16. The zero-order valence-corrected chi connectivity index (χ0v) is 9.94. The summed E-state index contributed by atoms with van der Waals surface area (Å²) in [6.45, 7) is 8.49. The molecule has 0 spiro atoms. The topological polar surface area (TPSA) is 29.3 Å². The Labute approximate surface area is 90.7 Å². The van der Waals surface area contributed by atoms with Crippen molar-refractivity contribution in [2.75, 3.05) is 19.6 Å². The molecule has 0 fully saturated rings. The maximum atomic E-state index is 5.52. The summed E-state index contributed by atoms with van der Waals surface area (Å²) < 4.78 is 0. The summed E-state index contributed by atoms with van der Waals surface area (Å²) in [5, 5.41) is 2.25. The average molecular weight is 212 g/mol. The van der Waals surface area contributed by atoms with Crippen molar-refractivity contribution in [3.63, 3.8) is 0 Å². The first-order valence-electron chi connectivity index (χ1n) is 5.28. The molecule has 1 aromatic rings. The second kappa shape index (κ2) is 6.17. The SMILES string of the molecule is CCN(CC)Cc1csc(CCN)c1. The summed E-state index contributed by atoms with van der Waals surface area (Å²) in [6, 6.07) is 2.29. The van der Waals surface area contributed by atoms with E-state index in [9.17, 15) is 0 Å². The Balaban J connectivity index is 2.49. The van der Waals surface area contributed by atoms with Crippen LogP contribution in [-0.4, -0.2) is 24.5 Å². The Morgan fingerprint density at radius 1 is 1.36 bits per heavy atom. The van der Waals surface area contributed by atoms with E-state index >= 15 is 0 Å². The van der Waals surface area contributed by atoms with Gasteiger partial charge in [-0.05, 0) is 43.1 Å². The van der Waals surface area contributed by atoms with Gasteiger partial charge in [-0.1, -0.05) is 13.8 Å². The summed E-state index contributed by atoms with van der Waals surface area (Å²) in [5.74, 6) is 0. The molecule has 80 valence electrons. The van der Waals surface area contributed by atoms with Gasteiger partial charge in [-0.25, -0.2) is 0 Å². The fourth-order valence-electron chi connectivity index (χ4n) is 1.49. The summed E-state index contributed by atoms with van der Waals surface area (Å²) >= 11 is 1.83. The fraction of sp³-hybridized carbons (Fsp3) is 0.636. The molecule has 0 atom stereocenters. The van der Waals surface area contributed by atoms with Crippen molar-refractivity contribution in [2.24, 2.45) is 5.73 Å². The molecule has 0 aliphatic carbocycles. The number of rotatable bonds is 6. The van der Waals surface area contributed by atoms with Crippen molar-refractivity contribution < 1.29 is 0 Å². The van der Waals surface area contributed by atoms with Crippen LogP contribution in [-0.2, 0) is 13.0 Å². The number of hydrogen-bond acceptors (Lipinski definition) is 3. The monoisotopic (exact) mass is 212 g/mol. The minimum atomic E-state index is 0.755. The van der Waals surface area contributed by atoms with Crippen LogP contribution in [0.2, 0.25) is 0 Å². The first-order chi connectivity index (χ1) is 6.80. The lowest BCUT2D eigenvalue weighted by molar-refractivity contribution is 0.296. The third kappa shape index (κ3) is 3.40. The van der Waals surface area contributed by atoms with Gasteiger partial charge >= 0.3 is 0 Å². The zero-order chi connectivity index (χ0) is 10.4. The quantitative estimate of drug-likeness (QED) is 0.782. The summed E-state index contributed by atoms with van der Waals surface area (Å²) in [4.78, 5) is 3.84. The van der Waals surface area contributed by atoms with Crippen LogP contribution < -0.4 is 5.73 Å². The Kier molecular flexibility index (Phi) is 5.15. The average Bonchev–Trinajstić information content (AvgIpc) is 2.63. The number of hydrogen-bond donors (Lipinski definition) is 1. The fourth-order valence-corrected chi connectivity index (χ4v) is 2.39. The van der Waals surface area contributed by atoms with Crippen molar-refractivity contribution in [3.05, 3.63) is 21.9 Å². The first-order valence-corrected chi connectivity index (χ1v) is 6.16. The van der Waals surface area contributed by atoms with Gasteiger partial charge < -0.3 is 5.73 Å². The molecule has 1 aromatic heterocycles. The van der Waals surface area contributed by atoms with Crippen molar-refractivity contribution >= 4 is 11.3 Å². The van der Waals surface area contributed by atoms with Crippen LogP contribution in [0.25, 0.3) is 0 Å². The van der Waals surface area contributed by atoms with Crippen LogP contribution in [0.15, 0.2) is 11.4 Å². The smallest absolute Gasteiger partial charge is 0.0241 e. The van der Waals surface area contributed by atoms with Crippen LogP contribution in [0, 0.1) is 0 Å². The highest BCUT2D eigenvalue weighted by molar-refractivity contribution is 7.10. The van der Waals surface area contributed by atoms with Gasteiger partial charge in [-0.15, -0.1) is 11.3 Å². The molecule has 1 rings (SSSR count). The molecule has 2 nitrogen and oxygen atoms in total. The Morgan fingerprint density at radius 3 is 2.64 bits per heavy atom. The highest BCUT2D eigenvalue weighted by Gasteiger charge is 2.03. The second-order valence-electron chi connectivity index (χ2n) is 3.42. The molecule has 2 N–H and O–H groups in total. The van der Waals surface area contributed by atoms with E-state index in [2.05, 4.69) is 30.2 Å². The largest absolute Gasteiger partial charge is 0.330 e. The maximum Gasteiger partial charge on any atom is 0.0241 e. The predicted molar refractivity (Wildman–Crippen MR) is 63.7 cm³/mol. The lowest BCUT2D eigenvalue weighted by Gasteiger charge is -2.16. The molecule has 3 heteroatoms. The number of nitrogens with two attached hydrogens (primary N) is 1. The lowest BCUT2D eigenvalue weighted by atomic mass is 10.2. The second-order valence-corrected chi connectivity index (χ2v) is 4.42. The molecule has 0 aliphatic rings. The summed E-state index contributed by atoms with van der Waals surface area (Å²) in [6.07, 6.45) is 1.02. The van der Waals surface area contributed by atoms with Crippen molar-refractivity contribution in [1.82, 2.24) is 4.90 Å². The van der Waals surface area contributed by atoms with Crippen LogP contribution in [0.3, 0.4) is 0 Å². The molecule has 0 saturated heterocycles. The van der Waals surface area contributed by atoms with Crippen LogP contribution in [0.4, 0.5) is 0 Å². The summed E-state index contributed by atoms with van der Waals surface area (Å²) in [7, 11) is 0. The van der Waals surface area contributed by atoms with E-state index in [4.69, 9.17) is 5.73 Å². The molecule has 0 unspecified atom stereocenters. The number of nitrogens with zero attached hydrogens (tertiary/aromatic N) is 1. The molecule has 0 saturated carbocycles. The van der Waals surface area contributed by atoms with E-state index < -0.39 is 0 Å². The van der Waals surface area contributed by atoms with Gasteiger partial charge in [0.1, 0.15) is 0 Å². The third-order valence-electron chi connectivity index (χ3n) is 2.40. The first kappa shape index (κ1) is 11.7. The lowest BCUT2D eigenvalue weighted by Crippen LogP contribution is -2.21. The van der Waals surface area contributed by atoms with Crippen molar-refractivity contribution in [3.8, 4) is 0 Å². The van der Waals surface area contributed by atoms with E-state index in [-0.39, 0.29) is 0 Å². The van der Waals surface area contributed by atoms with Gasteiger partial charge in [0.25, 0.3) is 0 Å². The predicted octanol–water partition coefficient (Wildman–Crippen LogP) is 2.09. The van der Waals surface area contributed by atoms with Crippen molar-refractivity contribution in [2.45, 2.75) is 26.8 Å². The van der Waals surface area contributed by atoms with Crippen molar-refractivity contribution in [1.29, 1.82) is 0 Å². The van der Waals surface area contributed by atoms with E-state index in [1.54, 1.807) is 0 Å². The van der Waals surface area contributed by atoms with Crippen LogP contribution in [0.1, 0.15) is 24.3 Å². The highest BCUT2D eigenvalue weighted by atomic mass is 32.1. The normalized spacial score (nSPS) is 11.1. The third-order valence-corrected chi connectivity index (χ3v) is 3.44. The van der Waals surface area contributed by atoms with Gasteiger partial charge in [-0.3, -0.25) is 4.90 Å². The van der Waals surface area contributed by atoms with Gasteiger partial charge in [0, 0.05) is 11.4 Å². The maximum absolute atomic E-state index is 5.52. The summed E-state index contributed by atoms with van der Waals surface area (Å²) in [5.41, 5.74) is 6.95. The van der Waals surface area contributed by atoms with Gasteiger partial charge in [-0.2, -0.15) is 0 Å². The van der Waals surface area contributed by atoms with E-state index in [1.807, 2.05) is 11.3 Å². The molecule has 0 bridgehead atoms. The minimum Gasteiger partial charge on any atom is -0.330 e. The van der Waals surface area contributed by atoms with E-state index in [0.717, 1.165) is 32.6 Å². The van der Waals surface area contributed by atoms with Gasteiger partial charge in [0.2, 0.25) is 0 Å². The molecule has 0 aromatic carbocycles. The molecule has 0 amide bonds. The molecular formula is C11H20N2S. The van der Waals surface area contributed by atoms with Gasteiger partial charge in [0.05, 0.1) is 0 Å². The molecular weight excluding hydrogens is 192 g/mol. The zero-order valence-electron chi connectivity index (χ0n) is 9.12. The van der Waals surface area contributed by atoms with Crippen LogP contribution >= 0.6 is 11.3 Å². The van der Waals surface area contributed by atoms with Gasteiger partial charge in [0.15, 0.2) is 0 Å². The molecule has 1 heterocycles. The molecule has 0 aliphatic heterocycles. The molecule has 0 radical (unpaired) electrons. The number of thiophene rings is 1. The minimum absolute atomic E-state index is 0.755.